The molecule has 3 aliphatic carbocycles. The smallest absolute Gasteiger partial charge is 0.245 e. The first-order chi connectivity index (χ1) is 20.6. The molecule has 2 saturated carbocycles. The molecular weight excluding hydrogens is 570 g/mol. The van der Waals surface area contributed by atoms with Crippen molar-refractivity contribution in [3.05, 3.63) is 58.1 Å². The standard InChI is InChI=1S/C37H54ClNO3Si/c1-25(2)24-43(4,5)42-33-17-15-28-29(36(33)38)13-14-30-32-16-18-34(40)37(32,3)23-31(35(28)30)26-9-11-27(12-10-26)41-22-21-39-19-7-6-8-20-39/h9-12,15,17,25,30-32,34-35,40H,6-8,13-14,16,18-24H2,1-5H3/t30-,31+,32-,34-,35+,37-/m0/s1. The van der Waals surface area contributed by atoms with Crippen molar-refractivity contribution in [2.75, 3.05) is 26.2 Å². The average Bonchev–Trinajstić information content (AvgIpc) is 3.28. The van der Waals surface area contributed by atoms with Crippen LogP contribution >= 0.6 is 11.6 Å². The summed E-state index contributed by atoms with van der Waals surface area (Å²) < 4.78 is 12.9. The lowest BCUT2D eigenvalue weighted by Crippen LogP contribution is -2.47. The summed E-state index contributed by atoms with van der Waals surface area (Å²) in [5.41, 5.74) is 4.06. The molecule has 43 heavy (non-hydrogen) atoms. The van der Waals surface area contributed by atoms with Gasteiger partial charge >= 0.3 is 0 Å². The van der Waals surface area contributed by atoms with Crippen LogP contribution in [0.1, 0.15) is 94.2 Å². The fourth-order valence-electron chi connectivity index (χ4n) is 9.72. The molecule has 4 aliphatic rings. The molecule has 1 aliphatic heterocycles. The second kappa shape index (κ2) is 12.7. The minimum absolute atomic E-state index is 0.0354. The molecule has 0 radical (unpaired) electrons. The summed E-state index contributed by atoms with van der Waals surface area (Å²) in [5, 5.41) is 12.1. The van der Waals surface area contributed by atoms with Gasteiger partial charge in [-0.25, -0.2) is 0 Å². The Bertz CT molecular complexity index is 1260. The second-order valence-electron chi connectivity index (χ2n) is 15.5. The van der Waals surface area contributed by atoms with Crippen LogP contribution in [0.3, 0.4) is 0 Å². The molecule has 3 fully saturated rings. The molecule has 1 N–H and O–H groups in total. The van der Waals surface area contributed by atoms with Gasteiger partial charge in [0.05, 0.1) is 11.1 Å². The van der Waals surface area contributed by atoms with Crippen molar-refractivity contribution in [2.45, 2.75) is 109 Å². The summed E-state index contributed by atoms with van der Waals surface area (Å²) in [4.78, 5) is 2.53. The molecule has 0 aromatic heterocycles. The molecule has 1 saturated heterocycles. The van der Waals surface area contributed by atoms with E-state index in [2.05, 4.69) is 75.2 Å². The quantitative estimate of drug-likeness (QED) is 0.283. The van der Waals surface area contributed by atoms with Crippen molar-refractivity contribution in [1.29, 1.82) is 0 Å². The van der Waals surface area contributed by atoms with Crippen LogP contribution in [0.25, 0.3) is 0 Å². The van der Waals surface area contributed by atoms with E-state index in [1.807, 2.05) is 0 Å². The molecule has 6 rings (SSSR count). The number of nitrogens with zero attached hydrogens (tertiary/aromatic N) is 1. The third-order valence-electron chi connectivity index (χ3n) is 11.5. The Balaban J connectivity index is 1.27. The van der Waals surface area contributed by atoms with Crippen molar-refractivity contribution < 1.29 is 14.3 Å². The van der Waals surface area contributed by atoms with Gasteiger partial charge in [0.2, 0.25) is 8.32 Å². The van der Waals surface area contributed by atoms with Crippen LogP contribution < -0.4 is 9.16 Å². The van der Waals surface area contributed by atoms with Gasteiger partial charge in [-0.3, -0.25) is 4.90 Å². The Kier molecular flexibility index (Phi) is 9.28. The molecule has 236 valence electrons. The van der Waals surface area contributed by atoms with Gasteiger partial charge in [0.1, 0.15) is 18.1 Å². The zero-order valence-electron chi connectivity index (χ0n) is 27.2. The van der Waals surface area contributed by atoms with Gasteiger partial charge in [0.25, 0.3) is 0 Å². The minimum atomic E-state index is -1.87. The predicted molar refractivity (Wildman–Crippen MR) is 180 cm³/mol. The maximum absolute atomic E-state index is 11.3. The second-order valence-corrected chi connectivity index (χ2v) is 20.0. The summed E-state index contributed by atoms with van der Waals surface area (Å²) in [5.74, 6) is 4.32. The van der Waals surface area contributed by atoms with Crippen molar-refractivity contribution in [2.24, 2.45) is 23.2 Å². The molecule has 0 bridgehead atoms. The van der Waals surface area contributed by atoms with Gasteiger partial charge in [-0.15, -0.1) is 0 Å². The molecular formula is C37H54ClNO3Si. The van der Waals surface area contributed by atoms with Crippen LogP contribution in [-0.4, -0.2) is 50.7 Å². The van der Waals surface area contributed by atoms with Gasteiger partial charge in [-0.1, -0.05) is 57.0 Å². The van der Waals surface area contributed by atoms with Gasteiger partial charge in [-0.2, -0.15) is 0 Å². The highest BCUT2D eigenvalue weighted by molar-refractivity contribution is 6.72. The SMILES string of the molecule is CC(C)C[Si](C)(C)Oc1ccc2c(c1Cl)CC[C@@H]1[C@@H]2[C@@H](c2ccc(OCCN3CCCCC3)cc2)C[C@]2(C)[C@@H](O)CC[C@@H]12. The summed E-state index contributed by atoms with van der Waals surface area (Å²) in [6, 6.07) is 14.6. The van der Waals surface area contributed by atoms with Gasteiger partial charge in [-0.05, 0) is 147 Å². The lowest BCUT2D eigenvalue weighted by molar-refractivity contribution is -0.0322. The van der Waals surface area contributed by atoms with E-state index in [4.69, 9.17) is 20.8 Å². The number of fused-ring (bicyclic) bond motifs is 5. The van der Waals surface area contributed by atoms with Gasteiger partial charge in [0, 0.05) is 6.54 Å². The highest BCUT2D eigenvalue weighted by Crippen LogP contribution is 2.65. The average molecular weight is 624 g/mol. The summed E-state index contributed by atoms with van der Waals surface area (Å²) in [6.45, 7) is 15.7. The van der Waals surface area contributed by atoms with Crippen LogP contribution in [0.15, 0.2) is 36.4 Å². The van der Waals surface area contributed by atoms with Crippen LogP contribution in [0.5, 0.6) is 11.5 Å². The van der Waals surface area contributed by atoms with Gasteiger partial charge in [0.15, 0.2) is 0 Å². The number of benzene rings is 2. The van der Waals surface area contributed by atoms with E-state index in [0.29, 0.717) is 29.6 Å². The topological polar surface area (TPSA) is 41.9 Å². The minimum Gasteiger partial charge on any atom is -0.543 e. The molecule has 0 spiro atoms. The lowest BCUT2D eigenvalue weighted by Gasteiger charge is -2.54. The number of aliphatic hydroxyl groups excluding tert-OH is 1. The number of piperidine rings is 1. The largest absolute Gasteiger partial charge is 0.543 e. The van der Waals surface area contributed by atoms with E-state index in [1.165, 1.54) is 49.0 Å². The lowest BCUT2D eigenvalue weighted by atomic mass is 9.51. The Labute approximate surface area is 266 Å². The zero-order chi connectivity index (χ0) is 30.4. The third kappa shape index (κ3) is 6.43. The normalized spacial score (nSPS) is 30.9. The summed E-state index contributed by atoms with van der Waals surface area (Å²) in [6.07, 6.45) is 8.98. The zero-order valence-corrected chi connectivity index (χ0v) is 29.0. The van der Waals surface area contributed by atoms with E-state index in [9.17, 15) is 5.11 Å². The van der Waals surface area contributed by atoms with Crippen LogP contribution in [0.2, 0.25) is 24.2 Å². The maximum atomic E-state index is 11.3. The van der Waals surface area contributed by atoms with Gasteiger partial charge < -0.3 is 14.3 Å². The van der Waals surface area contributed by atoms with Crippen LogP contribution in [-0.2, 0) is 6.42 Å². The number of rotatable bonds is 9. The first-order valence-electron chi connectivity index (χ1n) is 17.2. The van der Waals surface area contributed by atoms with E-state index in [0.717, 1.165) is 67.8 Å². The highest BCUT2D eigenvalue weighted by atomic mass is 35.5. The predicted octanol–water partition coefficient (Wildman–Crippen LogP) is 9.06. The first kappa shape index (κ1) is 31.4. The van der Waals surface area contributed by atoms with Crippen LogP contribution in [0, 0.1) is 23.2 Å². The molecule has 4 nitrogen and oxygen atoms in total. The Morgan fingerprint density at radius 2 is 1.77 bits per heavy atom. The Morgan fingerprint density at radius 3 is 2.49 bits per heavy atom. The van der Waals surface area contributed by atoms with Crippen LogP contribution in [0.4, 0.5) is 0 Å². The Hall–Kier alpha value is -1.53. The third-order valence-corrected chi connectivity index (χ3v) is 14.5. The number of halogens is 1. The fourth-order valence-corrected chi connectivity index (χ4v) is 12.9. The van der Waals surface area contributed by atoms with E-state index in [-0.39, 0.29) is 11.5 Å². The molecule has 0 unspecified atom stereocenters. The number of aliphatic hydroxyl groups is 1. The van der Waals surface area contributed by atoms with E-state index < -0.39 is 8.32 Å². The number of ether oxygens (including phenoxy) is 1. The molecule has 1 heterocycles. The van der Waals surface area contributed by atoms with E-state index >= 15 is 0 Å². The highest BCUT2D eigenvalue weighted by Gasteiger charge is 2.58. The molecule has 2 aromatic carbocycles. The molecule has 6 atom stereocenters. The summed E-state index contributed by atoms with van der Waals surface area (Å²) >= 11 is 7.22. The molecule has 0 amide bonds. The Morgan fingerprint density at radius 1 is 1.02 bits per heavy atom. The monoisotopic (exact) mass is 623 g/mol. The van der Waals surface area contributed by atoms with Crippen molar-refractivity contribution in [1.82, 2.24) is 4.90 Å². The number of likely N-dealkylation sites (tertiary alicyclic amines) is 1. The van der Waals surface area contributed by atoms with Crippen molar-refractivity contribution in [3.63, 3.8) is 0 Å². The van der Waals surface area contributed by atoms with Crippen molar-refractivity contribution in [3.8, 4) is 11.5 Å². The maximum Gasteiger partial charge on any atom is 0.245 e. The number of hydrogen-bond acceptors (Lipinski definition) is 4. The van der Waals surface area contributed by atoms with Crippen molar-refractivity contribution >= 4 is 19.9 Å². The first-order valence-corrected chi connectivity index (χ1v) is 20.7. The molecule has 6 heteroatoms. The fraction of sp³-hybridized carbons (Fsp3) is 0.676. The summed E-state index contributed by atoms with van der Waals surface area (Å²) in [7, 11) is -1.87. The van der Waals surface area contributed by atoms with E-state index in [1.54, 1.807) is 0 Å². The molecule has 2 aromatic rings. The number of hydrogen-bond donors (Lipinski definition) is 1.